The molecule has 1 atom stereocenters. The molecule has 0 spiro atoms. The van der Waals surface area contributed by atoms with Crippen LogP contribution in [-0.4, -0.2) is 39.2 Å². The second kappa shape index (κ2) is 5.89. The number of halogens is 1. The molecular weight excluding hydrogens is 242 g/mol. The number of rotatable bonds is 4. The van der Waals surface area contributed by atoms with Crippen LogP contribution in [0.5, 0.6) is 5.75 Å². The Bertz CT molecular complexity index is 407. The third-order valence-corrected chi connectivity index (χ3v) is 2.66. The minimum Gasteiger partial charge on any atom is -0.496 e. The number of hydrogen-bond acceptors (Lipinski definition) is 4. The summed E-state index contributed by atoms with van der Waals surface area (Å²) < 4.78 is 10.0. The average Bonchev–Trinajstić information content (AvgIpc) is 2.29. The molecule has 0 N–H and O–H groups in total. The number of carbonyl (C=O) groups excluding carboxylic acids is 1. The van der Waals surface area contributed by atoms with Crippen molar-refractivity contribution in [3.8, 4) is 5.75 Å². The van der Waals surface area contributed by atoms with Gasteiger partial charge in [-0.05, 0) is 32.3 Å². The molecular formula is C12H16ClNO3. The first kappa shape index (κ1) is 13.8. The van der Waals surface area contributed by atoms with Gasteiger partial charge in [0.15, 0.2) is 0 Å². The van der Waals surface area contributed by atoms with Crippen molar-refractivity contribution in [1.82, 2.24) is 4.90 Å². The van der Waals surface area contributed by atoms with E-state index in [0.29, 0.717) is 16.3 Å². The largest absolute Gasteiger partial charge is 0.496 e. The van der Waals surface area contributed by atoms with Gasteiger partial charge in [0, 0.05) is 10.6 Å². The molecule has 1 unspecified atom stereocenters. The third-order valence-electron chi connectivity index (χ3n) is 2.43. The van der Waals surface area contributed by atoms with Crippen molar-refractivity contribution in [3.63, 3.8) is 0 Å². The molecule has 0 aliphatic heterocycles. The van der Waals surface area contributed by atoms with E-state index >= 15 is 0 Å². The van der Waals surface area contributed by atoms with E-state index in [1.165, 1.54) is 7.11 Å². The Morgan fingerprint density at radius 3 is 2.47 bits per heavy atom. The number of likely N-dealkylation sites (N-methyl/N-ethyl adjacent to an activating group) is 1. The SMILES string of the molecule is COC(=O)C(c1cc(Cl)ccc1OC)N(C)C. The van der Waals surface area contributed by atoms with Crippen LogP contribution in [0.4, 0.5) is 0 Å². The number of benzene rings is 1. The van der Waals surface area contributed by atoms with E-state index in [1.807, 2.05) is 0 Å². The van der Waals surface area contributed by atoms with Crippen LogP contribution >= 0.6 is 11.6 Å². The van der Waals surface area contributed by atoms with Crippen LogP contribution in [0.3, 0.4) is 0 Å². The van der Waals surface area contributed by atoms with Gasteiger partial charge < -0.3 is 9.47 Å². The van der Waals surface area contributed by atoms with E-state index in [1.54, 1.807) is 44.3 Å². The Hall–Kier alpha value is -1.26. The monoisotopic (exact) mass is 257 g/mol. The van der Waals surface area contributed by atoms with Gasteiger partial charge in [-0.2, -0.15) is 0 Å². The van der Waals surface area contributed by atoms with Crippen LogP contribution in [0.15, 0.2) is 18.2 Å². The molecule has 0 aliphatic rings. The molecule has 0 aliphatic carbocycles. The second-order valence-electron chi connectivity index (χ2n) is 3.78. The van der Waals surface area contributed by atoms with Crippen LogP contribution in [0.1, 0.15) is 11.6 Å². The van der Waals surface area contributed by atoms with Gasteiger partial charge in [-0.15, -0.1) is 0 Å². The van der Waals surface area contributed by atoms with Crippen LogP contribution in [0.25, 0.3) is 0 Å². The topological polar surface area (TPSA) is 38.8 Å². The van der Waals surface area contributed by atoms with E-state index in [-0.39, 0.29) is 5.97 Å². The highest BCUT2D eigenvalue weighted by Gasteiger charge is 2.27. The highest BCUT2D eigenvalue weighted by Crippen LogP contribution is 2.31. The Morgan fingerprint density at radius 1 is 1.35 bits per heavy atom. The van der Waals surface area contributed by atoms with Crippen molar-refractivity contribution in [2.24, 2.45) is 0 Å². The first-order valence-corrected chi connectivity index (χ1v) is 5.46. The molecule has 0 radical (unpaired) electrons. The van der Waals surface area contributed by atoms with Crippen molar-refractivity contribution >= 4 is 17.6 Å². The van der Waals surface area contributed by atoms with Gasteiger partial charge >= 0.3 is 5.97 Å². The number of methoxy groups -OCH3 is 2. The van der Waals surface area contributed by atoms with E-state index in [9.17, 15) is 4.79 Å². The number of ether oxygens (including phenoxy) is 2. The van der Waals surface area contributed by atoms with Gasteiger partial charge in [-0.3, -0.25) is 4.90 Å². The van der Waals surface area contributed by atoms with Crippen molar-refractivity contribution in [3.05, 3.63) is 28.8 Å². The Balaban J connectivity index is 3.26. The molecule has 0 aromatic heterocycles. The molecule has 0 saturated heterocycles. The number of nitrogens with zero attached hydrogens (tertiary/aromatic N) is 1. The summed E-state index contributed by atoms with van der Waals surface area (Å²) in [6.45, 7) is 0. The number of carbonyl (C=O) groups is 1. The first-order chi connectivity index (χ1) is 8.01. The van der Waals surface area contributed by atoms with Gasteiger partial charge in [0.2, 0.25) is 0 Å². The predicted octanol–water partition coefficient (Wildman–Crippen LogP) is 2.12. The highest BCUT2D eigenvalue weighted by atomic mass is 35.5. The molecule has 0 fully saturated rings. The average molecular weight is 258 g/mol. The molecule has 0 bridgehead atoms. The number of hydrogen-bond donors (Lipinski definition) is 0. The van der Waals surface area contributed by atoms with Gasteiger partial charge in [0.05, 0.1) is 14.2 Å². The summed E-state index contributed by atoms with van der Waals surface area (Å²) in [7, 11) is 6.50. The fraction of sp³-hybridized carbons (Fsp3) is 0.417. The summed E-state index contributed by atoms with van der Waals surface area (Å²) in [6.07, 6.45) is 0. The Morgan fingerprint density at radius 2 is 2.00 bits per heavy atom. The lowest BCUT2D eigenvalue weighted by molar-refractivity contribution is -0.146. The van der Waals surface area contributed by atoms with Crippen LogP contribution in [-0.2, 0) is 9.53 Å². The lowest BCUT2D eigenvalue weighted by Crippen LogP contribution is -2.29. The molecule has 5 heteroatoms. The summed E-state index contributed by atoms with van der Waals surface area (Å²) in [5.74, 6) is 0.258. The van der Waals surface area contributed by atoms with E-state index < -0.39 is 6.04 Å². The Kier molecular flexibility index (Phi) is 4.78. The fourth-order valence-electron chi connectivity index (χ4n) is 1.65. The zero-order chi connectivity index (χ0) is 13.0. The van der Waals surface area contributed by atoms with Crippen LogP contribution < -0.4 is 4.74 Å². The molecule has 1 aromatic carbocycles. The molecule has 94 valence electrons. The van der Waals surface area contributed by atoms with Crippen molar-refractivity contribution in [2.75, 3.05) is 28.3 Å². The standard InChI is InChI=1S/C12H16ClNO3/c1-14(2)11(12(15)17-4)9-7-8(13)5-6-10(9)16-3/h5-7,11H,1-4H3. The Labute approximate surface area is 106 Å². The van der Waals surface area contributed by atoms with E-state index in [0.717, 1.165) is 0 Å². The van der Waals surface area contributed by atoms with Gasteiger partial charge in [0.1, 0.15) is 11.8 Å². The smallest absolute Gasteiger partial charge is 0.327 e. The quantitative estimate of drug-likeness (QED) is 0.775. The summed E-state index contributed by atoms with van der Waals surface area (Å²) in [5.41, 5.74) is 0.692. The lowest BCUT2D eigenvalue weighted by atomic mass is 10.0. The minimum absolute atomic E-state index is 0.351. The van der Waals surface area contributed by atoms with Crippen LogP contribution in [0.2, 0.25) is 5.02 Å². The van der Waals surface area contributed by atoms with E-state index in [2.05, 4.69) is 0 Å². The van der Waals surface area contributed by atoms with E-state index in [4.69, 9.17) is 21.1 Å². The second-order valence-corrected chi connectivity index (χ2v) is 4.21. The van der Waals surface area contributed by atoms with Crippen molar-refractivity contribution in [1.29, 1.82) is 0 Å². The number of esters is 1. The van der Waals surface area contributed by atoms with Crippen molar-refractivity contribution < 1.29 is 14.3 Å². The molecule has 0 heterocycles. The maximum Gasteiger partial charge on any atom is 0.327 e. The van der Waals surface area contributed by atoms with Gasteiger partial charge in [-0.1, -0.05) is 11.6 Å². The summed E-state index contributed by atoms with van der Waals surface area (Å²) in [6, 6.07) is 4.63. The lowest BCUT2D eigenvalue weighted by Gasteiger charge is -2.23. The van der Waals surface area contributed by atoms with Gasteiger partial charge in [-0.25, -0.2) is 4.79 Å². The molecule has 1 aromatic rings. The van der Waals surface area contributed by atoms with Crippen molar-refractivity contribution in [2.45, 2.75) is 6.04 Å². The third kappa shape index (κ3) is 3.11. The zero-order valence-electron chi connectivity index (χ0n) is 10.4. The maximum atomic E-state index is 11.8. The first-order valence-electron chi connectivity index (χ1n) is 5.09. The predicted molar refractivity (Wildman–Crippen MR) is 66.4 cm³/mol. The normalized spacial score (nSPS) is 12.4. The molecule has 0 amide bonds. The fourth-order valence-corrected chi connectivity index (χ4v) is 1.83. The zero-order valence-corrected chi connectivity index (χ0v) is 11.1. The summed E-state index contributed by atoms with van der Waals surface area (Å²) in [5, 5.41) is 0.552. The van der Waals surface area contributed by atoms with Gasteiger partial charge in [0.25, 0.3) is 0 Å². The van der Waals surface area contributed by atoms with Crippen LogP contribution in [0, 0.1) is 0 Å². The summed E-state index contributed by atoms with van der Waals surface area (Å²) in [4.78, 5) is 13.5. The molecule has 1 rings (SSSR count). The summed E-state index contributed by atoms with van der Waals surface area (Å²) >= 11 is 5.94. The maximum absolute atomic E-state index is 11.8. The molecule has 17 heavy (non-hydrogen) atoms. The highest BCUT2D eigenvalue weighted by molar-refractivity contribution is 6.30. The minimum atomic E-state index is -0.534. The molecule has 0 saturated carbocycles. The molecule has 4 nitrogen and oxygen atoms in total.